The molecule has 37 heavy (non-hydrogen) atoms. The Kier molecular flexibility index (Phi) is 7.80. The van der Waals surface area contributed by atoms with Gasteiger partial charge in [0.05, 0.1) is 10.5 Å². The third-order valence-electron chi connectivity index (χ3n) is 6.52. The molecule has 2 aliphatic heterocycles. The summed E-state index contributed by atoms with van der Waals surface area (Å²) < 4.78 is 105. The Labute approximate surface area is 226 Å². The van der Waals surface area contributed by atoms with Gasteiger partial charge >= 0.3 is 0 Å². The molecule has 0 radical (unpaired) electrons. The largest absolute Gasteiger partial charge is 0.310 e. The second-order valence-corrected chi connectivity index (χ2v) is 20.4. The summed E-state index contributed by atoms with van der Waals surface area (Å²) in [6.07, 6.45) is 0.511. The average Bonchev–Trinajstić information content (AvgIpc) is 3.43. The summed E-state index contributed by atoms with van der Waals surface area (Å²) >= 11 is 1.02. The van der Waals surface area contributed by atoms with Crippen LogP contribution in [-0.2, 0) is 39.7 Å². The predicted octanol–water partition coefficient (Wildman–Crippen LogP) is 1.91. The molecule has 0 spiro atoms. The van der Waals surface area contributed by atoms with Crippen LogP contribution in [0.5, 0.6) is 0 Å². The number of sulfone groups is 2. The van der Waals surface area contributed by atoms with Crippen LogP contribution >= 0.6 is 22.7 Å². The lowest BCUT2D eigenvalue weighted by Gasteiger charge is -2.27. The van der Waals surface area contributed by atoms with Crippen molar-refractivity contribution in [2.24, 2.45) is 0 Å². The first-order valence-electron chi connectivity index (χ1n) is 11.6. The molecule has 0 saturated carbocycles. The summed E-state index contributed by atoms with van der Waals surface area (Å²) in [4.78, 5) is 0. The van der Waals surface area contributed by atoms with Crippen LogP contribution in [0, 0.1) is 0 Å². The van der Waals surface area contributed by atoms with E-state index in [1.54, 1.807) is 18.0 Å². The predicted molar refractivity (Wildman–Crippen MR) is 142 cm³/mol. The Morgan fingerprint density at radius 3 is 1.43 bits per heavy atom. The molecule has 4 atom stereocenters. The summed E-state index contributed by atoms with van der Waals surface area (Å²) in [7, 11) is -17.0. The van der Waals surface area contributed by atoms with Gasteiger partial charge in [0.15, 0.2) is 19.7 Å². The molecule has 4 rings (SSSR count). The van der Waals surface area contributed by atoms with E-state index in [9.17, 15) is 33.7 Å². The smallest absolute Gasteiger partial charge is 0.263 e. The van der Waals surface area contributed by atoms with Crippen molar-refractivity contribution in [3.8, 4) is 0 Å². The van der Waals surface area contributed by atoms with Gasteiger partial charge in [0.1, 0.15) is 16.8 Å². The zero-order valence-corrected chi connectivity index (χ0v) is 25.4. The van der Waals surface area contributed by atoms with Crippen molar-refractivity contribution in [3.05, 3.63) is 23.3 Å². The Morgan fingerprint density at radius 2 is 1.11 bits per heavy atom. The van der Waals surface area contributed by atoms with E-state index in [4.69, 9.17) is 0 Å². The van der Waals surface area contributed by atoms with Gasteiger partial charge in [-0.2, -0.15) is 0 Å². The van der Waals surface area contributed by atoms with Crippen molar-refractivity contribution in [2.75, 3.05) is 13.1 Å². The molecule has 0 aromatic carbocycles. The number of thiophene rings is 2. The highest BCUT2D eigenvalue weighted by atomic mass is 32.3. The monoisotopic (exact) mass is 631 g/mol. The molecule has 0 fully saturated rings. The maximum Gasteiger partial charge on any atom is 0.263 e. The SMILES string of the molecule is CCN[C@H]1C[C@H](C)S(=O)(=O)c2sc(S(=O)(=O)NS(=O)(=O)c3cc4c(s3)S(=O)(=O)[C@@H](C)C[C@@H]4NCC)cc21. The summed E-state index contributed by atoms with van der Waals surface area (Å²) in [6.45, 7) is 7.84. The third kappa shape index (κ3) is 5.06. The van der Waals surface area contributed by atoms with Crippen molar-refractivity contribution >= 4 is 62.4 Å². The summed E-state index contributed by atoms with van der Waals surface area (Å²) in [5.41, 5.74) is 0.589. The Balaban J connectivity index is 1.73. The number of rotatable bonds is 8. The molecule has 2 aromatic heterocycles. The van der Waals surface area contributed by atoms with Gasteiger partial charge in [-0.05, 0) is 51.9 Å². The third-order valence-corrected chi connectivity index (χ3v) is 18.8. The van der Waals surface area contributed by atoms with Gasteiger partial charge in [0, 0.05) is 23.2 Å². The van der Waals surface area contributed by atoms with Crippen LogP contribution in [0.25, 0.3) is 0 Å². The minimum absolute atomic E-state index is 0.102. The van der Waals surface area contributed by atoms with E-state index in [-0.39, 0.29) is 21.3 Å². The minimum Gasteiger partial charge on any atom is -0.310 e. The molecule has 2 aromatic rings. The summed E-state index contributed by atoms with van der Waals surface area (Å²) in [5, 5.41) is 4.83. The fourth-order valence-electron chi connectivity index (χ4n) is 4.57. The molecule has 0 aliphatic carbocycles. The molecule has 3 N–H and O–H groups in total. The normalized spacial score (nSPS) is 26.9. The highest BCUT2D eigenvalue weighted by Gasteiger charge is 2.42. The van der Waals surface area contributed by atoms with Crippen LogP contribution in [0.4, 0.5) is 0 Å². The second-order valence-electron chi connectivity index (χ2n) is 9.11. The molecule has 0 bridgehead atoms. The number of hydrogen-bond donors (Lipinski definition) is 3. The maximum atomic E-state index is 13.2. The van der Waals surface area contributed by atoms with Gasteiger partial charge in [-0.25, -0.2) is 33.7 Å². The molecular formula is C20H29N3O8S6. The lowest BCUT2D eigenvalue weighted by molar-refractivity contribution is 0.477. The van der Waals surface area contributed by atoms with Gasteiger partial charge in [0.25, 0.3) is 20.0 Å². The van der Waals surface area contributed by atoms with Gasteiger partial charge in [-0.15, -0.1) is 22.7 Å². The van der Waals surface area contributed by atoms with Crippen LogP contribution < -0.4 is 14.8 Å². The minimum atomic E-state index is -4.70. The summed E-state index contributed by atoms with van der Waals surface area (Å²) in [5.74, 6) is 0. The number of fused-ring (bicyclic) bond motifs is 2. The Bertz CT molecular complexity index is 1520. The van der Waals surface area contributed by atoms with Crippen LogP contribution in [0.15, 0.2) is 29.0 Å². The van der Waals surface area contributed by atoms with E-state index >= 15 is 0 Å². The maximum absolute atomic E-state index is 13.2. The van der Waals surface area contributed by atoms with E-state index in [2.05, 4.69) is 10.6 Å². The molecule has 4 heterocycles. The topological polar surface area (TPSA) is 173 Å². The zero-order valence-electron chi connectivity index (χ0n) is 20.5. The lowest BCUT2D eigenvalue weighted by atomic mass is 10.1. The zero-order chi connectivity index (χ0) is 27.6. The average molecular weight is 632 g/mol. The van der Waals surface area contributed by atoms with Gasteiger partial charge < -0.3 is 10.6 Å². The molecular weight excluding hydrogens is 603 g/mol. The molecule has 0 saturated heterocycles. The van der Waals surface area contributed by atoms with E-state index in [0.29, 0.717) is 46.9 Å². The molecule has 0 unspecified atom stereocenters. The number of sulfonamides is 2. The van der Waals surface area contributed by atoms with E-state index < -0.39 is 70.7 Å². The van der Waals surface area contributed by atoms with Crippen LogP contribution in [-0.4, -0.2) is 57.3 Å². The first kappa shape index (κ1) is 29.1. The Morgan fingerprint density at radius 1 is 0.757 bits per heavy atom. The number of nitrogens with one attached hydrogen (secondary N) is 3. The van der Waals surface area contributed by atoms with E-state index in [1.165, 1.54) is 12.1 Å². The van der Waals surface area contributed by atoms with Crippen molar-refractivity contribution in [3.63, 3.8) is 0 Å². The Hall–Kier alpha value is -0.920. The van der Waals surface area contributed by atoms with Crippen LogP contribution in [0.2, 0.25) is 0 Å². The van der Waals surface area contributed by atoms with Gasteiger partial charge in [-0.1, -0.05) is 18.0 Å². The molecule has 11 nitrogen and oxygen atoms in total. The van der Waals surface area contributed by atoms with E-state index in [1.807, 2.05) is 13.8 Å². The molecule has 17 heteroatoms. The molecule has 208 valence electrons. The van der Waals surface area contributed by atoms with Crippen molar-refractivity contribution in [1.82, 2.24) is 14.8 Å². The molecule has 0 amide bonds. The summed E-state index contributed by atoms with van der Waals surface area (Å²) in [6, 6.07) is 1.60. The highest BCUT2D eigenvalue weighted by Crippen LogP contribution is 2.44. The standard InChI is InChI=1S/C20H29N3O8S6/c1-5-21-15-7-11(3)34(24,25)19-13(15)9-17(32-19)36(28,29)23-37(30,31)18-10-14-16(22-6-2)8-12(4)35(26,27)20(14)33-18/h9-12,15-16,21-23H,5-8H2,1-4H3/t11-,12-,15-,16-/m0/s1. The van der Waals surface area contributed by atoms with Crippen LogP contribution in [0.3, 0.4) is 0 Å². The van der Waals surface area contributed by atoms with E-state index in [0.717, 1.165) is 0 Å². The van der Waals surface area contributed by atoms with Crippen LogP contribution in [0.1, 0.15) is 63.7 Å². The fraction of sp³-hybridized carbons (Fsp3) is 0.600. The molecule has 2 aliphatic rings. The highest BCUT2D eigenvalue weighted by molar-refractivity contribution is 8.06. The first-order valence-corrected chi connectivity index (χ1v) is 19.3. The van der Waals surface area contributed by atoms with Crippen molar-refractivity contribution < 1.29 is 33.7 Å². The van der Waals surface area contributed by atoms with Gasteiger partial charge in [0.2, 0.25) is 0 Å². The van der Waals surface area contributed by atoms with Crippen molar-refractivity contribution in [1.29, 1.82) is 0 Å². The quantitative estimate of drug-likeness (QED) is 0.391. The fourth-order valence-corrected chi connectivity index (χ4v) is 15.8. The van der Waals surface area contributed by atoms with Gasteiger partial charge in [-0.3, -0.25) is 0 Å². The lowest BCUT2D eigenvalue weighted by Crippen LogP contribution is -2.33. The number of hydrogen-bond acceptors (Lipinski definition) is 12. The van der Waals surface area contributed by atoms with Crippen molar-refractivity contribution in [2.45, 2.75) is 80.0 Å². The second kappa shape index (κ2) is 9.92. The first-order chi connectivity index (χ1) is 17.1.